The molecular formula is C13H17BrClN3S. The summed E-state index contributed by atoms with van der Waals surface area (Å²) in [7, 11) is 0. The van der Waals surface area contributed by atoms with Crippen LogP contribution in [-0.2, 0) is 6.42 Å². The molecule has 0 aliphatic carbocycles. The second-order valence-corrected chi connectivity index (χ2v) is 6.56. The predicted octanol–water partition coefficient (Wildman–Crippen LogP) is 4.29. The van der Waals surface area contributed by atoms with E-state index in [2.05, 4.69) is 38.7 Å². The van der Waals surface area contributed by atoms with Crippen LogP contribution in [-0.4, -0.2) is 32.4 Å². The minimum Gasteiger partial charge on any atom is -0.309 e. The molecule has 19 heavy (non-hydrogen) atoms. The van der Waals surface area contributed by atoms with E-state index in [1.807, 2.05) is 24.0 Å². The molecule has 0 fully saturated rings. The van der Waals surface area contributed by atoms with E-state index in [0.717, 1.165) is 40.1 Å². The van der Waals surface area contributed by atoms with E-state index in [-0.39, 0.29) is 0 Å². The fourth-order valence-corrected chi connectivity index (χ4v) is 3.47. The SMILES string of the molecule is CCC(CSC)n1c(CCCl)nc2cc(Br)cnc21. The van der Waals surface area contributed by atoms with Crippen molar-refractivity contribution in [3.05, 3.63) is 22.6 Å². The van der Waals surface area contributed by atoms with Crippen LogP contribution in [0.15, 0.2) is 16.7 Å². The maximum absolute atomic E-state index is 5.90. The minimum absolute atomic E-state index is 0.423. The van der Waals surface area contributed by atoms with Crippen molar-refractivity contribution in [3.63, 3.8) is 0 Å². The van der Waals surface area contributed by atoms with E-state index in [4.69, 9.17) is 16.6 Å². The standard InChI is InChI=1S/C13H17BrClN3S/c1-3-10(8-19-2)18-12(4-5-15)17-11-6-9(14)7-16-13(11)18/h6-7,10H,3-5,8H2,1-2H3. The topological polar surface area (TPSA) is 30.7 Å². The summed E-state index contributed by atoms with van der Waals surface area (Å²) in [6, 6.07) is 2.44. The summed E-state index contributed by atoms with van der Waals surface area (Å²) < 4.78 is 3.22. The molecule has 0 N–H and O–H groups in total. The van der Waals surface area contributed by atoms with Gasteiger partial charge in [0.1, 0.15) is 11.3 Å². The van der Waals surface area contributed by atoms with Gasteiger partial charge < -0.3 is 4.57 Å². The average molecular weight is 363 g/mol. The Morgan fingerprint density at radius 1 is 1.53 bits per heavy atom. The number of aryl methyl sites for hydroxylation is 1. The van der Waals surface area contributed by atoms with Gasteiger partial charge in [0, 0.05) is 34.8 Å². The molecule has 0 saturated heterocycles. The molecule has 2 aromatic rings. The Labute approximate surface area is 131 Å². The molecule has 1 atom stereocenters. The van der Waals surface area contributed by atoms with Crippen molar-refractivity contribution >= 4 is 50.5 Å². The summed E-state index contributed by atoms with van der Waals surface area (Å²) in [5.74, 6) is 2.69. The highest BCUT2D eigenvalue weighted by Crippen LogP contribution is 2.26. The Morgan fingerprint density at radius 2 is 2.32 bits per heavy atom. The molecule has 1 unspecified atom stereocenters. The van der Waals surface area contributed by atoms with E-state index in [0.29, 0.717) is 11.9 Å². The van der Waals surface area contributed by atoms with Crippen molar-refractivity contribution in [2.45, 2.75) is 25.8 Å². The largest absolute Gasteiger partial charge is 0.309 e. The zero-order valence-electron chi connectivity index (χ0n) is 11.1. The fraction of sp³-hybridized carbons (Fsp3) is 0.538. The van der Waals surface area contributed by atoms with Crippen LogP contribution in [0.5, 0.6) is 0 Å². The Balaban J connectivity index is 2.56. The Bertz CT molecular complexity index is 558. The molecule has 2 aromatic heterocycles. The molecule has 0 radical (unpaired) electrons. The lowest BCUT2D eigenvalue weighted by Crippen LogP contribution is -2.15. The number of thioether (sulfide) groups is 1. The molecule has 0 aliphatic rings. The molecule has 0 aromatic carbocycles. The normalized spacial score (nSPS) is 13.1. The monoisotopic (exact) mass is 361 g/mol. The summed E-state index contributed by atoms with van der Waals surface area (Å²) in [5.41, 5.74) is 1.90. The molecule has 0 amide bonds. The molecule has 3 nitrogen and oxygen atoms in total. The first-order valence-corrected chi connectivity index (χ1v) is 9.00. The molecule has 6 heteroatoms. The van der Waals surface area contributed by atoms with Gasteiger partial charge in [0.25, 0.3) is 0 Å². The molecule has 2 rings (SSSR count). The molecule has 0 saturated carbocycles. The smallest absolute Gasteiger partial charge is 0.160 e. The van der Waals surface area contributed by atoms with Gasteiger partial charge in [0.2, 0.25) is 0 Å². The maximum Gasteiger partial charge on any atom is 0.160 e. The van der Waals surface area contributed by atoms with Gasteiger partial charge in [-0.05, 0) is 34.7 Å². The first-order chi connectivity index (χ1) is 9.21. The molecule has 0 bridgehead atoms. The summed E-state index contributed by atoms with van der Waals surface area (Å²) in [5, 5.41) is 0. The second-order valence-electron chi connectivity index (χ2n) is 4.35. The number of rotatable bonds is 6. The average Bonchev–Trinajstić information content (AvgIpc) is 2.73. The summed E-state index contributed by atoms with van der Waals surface area (Å²) in [6.45, 7) is 2.20. The lowest BCUT2D eigenvalue weighted by molar-refractivity contribution is 0.530. The molecule has 2 heterocycles. The maximum atomic E-state index is 5.90. The summed E-state index contributed by atoms with van der Waals surface area (Å²) >= 11 is 11.2. The van der Waals surface area contributed by atoms with E-state index in [1.54, 1.807) is 0 Å². The van der Waals surface area contributed by atoms with Crippen molar-refractivity contribution in [3.8, 4) is 0 Å². The highest BCUT2D eigenvalue weighted by atomic mass is 79.9. The van der Waals surface area contributed by atoms with Crippen molar-refractivity contribution < 1.29 is 0 Å². The van der Waals surface area contributed by atoms with Crippen LogP contribution in [0.2, 0.25) is 0 Å². The number of nitrogens with zero attached hydrogens (tertiary/aromatic N) is 3. The number of hydrogen-bond acceptors (Lipinski definition) is 3. The van der Waals surface area contributed by atoms with Gasteiger partial charge in [-0.2, -0.15) is 11.8 Å². The number of aromatic nitrogens is 3. The van der Waals surface area contributed by atoms with Crippen molar-refractivity contribution in [1.82, 2.24) is 14.5 Å². The predicted molar refractivity (Wildman–Crippen MR) is 87.4 cm³/mol. The van der Waals surface area contributed by atoms with E-state index in [9.17, 15) is 0 Å². The number of halogens is 2. The van der Waals surface area contributed by atoms with Crippen LogP contribution in [0.3, 0.4) is 0 Å². The molecule has 0 spiro atoms. The Kier molecular flexibility index (Phi) is 5.54. The fourth-order valence-electron chi connectivity index (χ4n) is 2.22. The van der Waals surface area contributed by atoms with Gasteiger partial charge in [-0.25, -0.2) is 9.97 Å². The number of alkyl halides is 1. The highest BCUT2D eigenvalue weighted by Gasteiger charge is 2.18. The van der Waals surface area contributed by atoms with Gasteiger partial charge in [-0.1, -0.05) is 6.92 Å². The summed E-state index contributed by atoms with van der Waals surface area (Å²) in [4.78, 5) is 9.23. The van der Waals surface area contributed by atoms with Crippen LogP contribution < -0.4 is 0 Å². The Hall–Kier alpha value is -0.260. The molecular weight excluding hydrogens is 346 g/mol. The third-order valence-electron chi connectivity index (χ3n) is 3.08. The highest BCUT2D eigenvalue weighted by molar-refractivity contribution is 9.10. The quantitative estimate of drug-likeness (QED) is 0.718. The van der Waals surface area contributed by atoms with Gasteiger partial charge in [0.05, 0.1) is 0 Å². The van der Waals surface area contributed by atoms with Crippen LogP contribution in [0.1, 0.15) is 25.2 Å². The third-order valence-corrected chi connectivity index (χ3v) is 4.42. The van der Waals surface area contributed by atoms with Gasteiger partial charge >= 0.3 is 0 Å². The second kappa shape index (κ2) is 6.95. The van der Waals surface area contributed by atoms with Gasteiger partial charge in [-0.3, -0.25) is 0 Å². The zero-order valence-corrected chi connectivity index (χ0v) is 14.2. The van der Waals surface area contributed by atoms with Crippen LogP contribution >= 0.6 is 39.3 Å². The van der Waals surface area contributed by atoms with E-state index >= 15 is 0 Å². The lowest BCUT2D eigenvalue weighted by atomic mass is 10.2. The number of hydrogen-bond donors (Lipinski definition) is 0. The van der Waals surface area contributed by atoms with Gasteiger partial charge in [0.15, 0.2) is 5.65 Å². The van der Waals surface area contributed by atoms with Crippen molar-refractivity contribution in [1.29, 1.82) is 0 Å². The van der Waals surface area contributed by atoms with Crippen LogP contribution in [0.25, 0.3) is 11.2 Å². The van der Waals surface area contributed by atoms with E-state index in [1.165, 1.54) is 0 Å². The molecule has 104 valence electrons. The lowest BCUT2D eigenvalue weighted by Gasteiger charge is -2.18. The third kappa shape index (κ3) is 3.26. The van der Waals surface area contributed by atoms with Crippen LogP contribution in [0.4, 0.5) is 0 Å². The summed E-state index contributed by atoms with van der Waals surface area (Å²) in [6.07, 6.45) is 5.81. The zero-order chi connectivity index (χ0) is 13.8. The first-order valence-electron chi connectivity index (χ1n) is 6.28. The minimum atomic E-state index is 0.423. The Morgan fingerprint density at radius 3 is 2.95 bits per heavy atom. The van der Waals surface area contributed by atoms with E-state index < -0.39 is 0 Å². The van der Waals surface area contributed by atoms with Crippen molar-refractivity contribution in [2.24, 2.45) is 0 Å². The molecule has 0 aliphatic heterocycles. The first kappa shape index (κ1) is 15.1. The number of imidazole rings is 1. The number of fused-ring (bicyclic) bond motifs is 1. The van der Waals surface area contributed by atoms with Crippen LogP contribution in [0, 0.1) is 0 Å². The number of pyridine rings is 1. The van der Waals surface area contributed by atoms with Gasteiger partial charge in [-0.15, -0.1) is 11.6 Å². The van der Waals surface area contributed by atoms with Crippen molar-refractivity contribution in [2.75, 3.05) is 17.9 Å².